The highest BCUT2D eigenvalue weighted by Gasteiger charge is 2.33. The molecule has 0 saturated heterocycles. The van der Waals surface area contributed by atoms with E-state index in [-0.39, 0.29) is 61.1 Å². The van der Waals surface area contributed by atoms with Gasteiger partial charge in [-0.2, -0.15) is 4.31 Å². The number of hydrogen-bond donors (Lipinski definition) is 4. The van der Waals surface area contributed by atoms with Crippen LogP contribution in [-0.4, -0.2) is 86.5 Å². The third-order valence-electron chi connectivity index (χ3n) is 8.95. The molecule has 51 heavy (non-hydrogen) atoms. The number of hydrogen-bond acceptors (Lipinski definition) is 9. The van der Waals surface area contributed by atoms with Crippen LogP contribution < -0.4 is 25.8 Å². The fraction of sp³-hybridized carbons (Fsp3) is 0.432. The second kappa shape index (κ2) is 18.0. The molecule has 0 saturated carbocycles. The Morgan fingerprint density at radius 3 is 2.35 bits per heavy atom. The second-order valence-electron chi connectivity index (χ2n) is 12.9. The zero-order valence-corrected chi connectivity index (χ0v) is 30.4. The number of carbonyl (C=O) groups is 3. The Bertz CT molecular complexity index is 1770. The van der Waals surface area contributed by atoms with Crippen molar-refractivity contribution in [2.45, 2.75) is 69.4 Å². The Kier molecular flexibility index (Phi) is 13.8. The molecular weight excluding hydrogens is 675 g/mol. The van der Waals surface area contributed by atoms with E-state index in [1.807, 2.05) is 6.92 Å². The first-order valence-electron chi connectivity index (χ1n) is 17.1. The molecule has 0 aromatic heterocycles. The summed E-state index contributed by atoms with van der Waals surface area (Å²) in [5.74, 6) is 0.0494. The summed E-state index contributed by atoms with van der Waals surface area (Å²) >= 11 is 0. The normalized spacial score (nSPS) is 17.0. The molecule has 0 aliphatic carbocycles. The van der Waals surface area contributed by atoms with Gasteiger partial charge in [0.05, 0.1) is 49.0 Å². The lowest BCUT2D eigenvalue weighted by Gasteiger charge is -2.33. The minimum Gasteiger partial charge on any atom is -0.497 e. The van der Waals surface area contributed by atoms with Crippen LogP contribution in [0.2, 0.25) is 0 Å². The van der Waals surface area contributed by atoms with Gasteiger partial charge in [-0.3, -0.25) is 14.4 Å². The zero-order chi connectivity index (χ0) is 37.1. The summed E-state index contributed by atoms with van der Waals surface area (Å²) in [6.45, 7) is 3.62. The Labute approximate surface area is 300 Å². The highest BCUT2D eigenvalue weighted by molar-refractivity contribution is 7.89. The molecule has 1 heterocycles. The quantitative estimate of drug-likeness (QED) is 0.132. The summed E-state index contributed by atoms with van der Waals surface area (Å²) in [6, 6.07) is 17.8. The number of fused-ring (bicyclic) bond motifs is 1. The van der Waals surface area contributed by atoms with Gasteiger partial charge in [0.15, 0.2) is 0 Å². The molecule has 3 amide bonds. The number of anilines is 3. The first-order valence-corrected chi connectivity index (χ1v) is 18.5. The molecule has 0 radical (unpaired) electrons. The highest BCUT2D eigenvalue weighted by Crippen LogP contribution is 2.30. The highest BCUT2D eigenvalue weighted by atomic mass is 32.2. The number of benzene rings is 3. The fourth-order valence-electron chi connectivity index (χ4n) is 5.80. The van der Waals surface area contributed by atoms with Gasteiger partial charge < -0.3 is 35.8 Å². The van der Waals surface area contributed by atoms with Crippen LogP contribution in [0.5, 0.6) is 11.5 Å². The van der Waals surface area contributed by atoms with Crippen LogP contribution >= 0.6 is 0 Å². The van der Waals surface area contributed by atoms with E-state index in [9.17, 15) is 27.9 Å². The summed E-state index contributed by atoms with van der Waals surface area (Å²) in [5.41, 5.74) is 7.97. The Hall–Kier alpha value is -4.66. The minimum atomic E-state index is -3.88. The topological polar surface area (TPSA) is 181 Å². The number of methoxy groups -OCH3 is 1. The number of likely N-dealkylation sites (N-methyl/N-ethyl adjacent to an activating group) is 1. The van der Waals surface area contributed by atoms with Crippen LogP contribution in [0.15, 0.2) is 71.6 Å². The van der Waals surface area contributed by atoms with E-state index in [2.05, 4.69) is 10.6 Å². The predicted molar refractivity (Wildman–Crippen MR) is 196 cm³/mol. The van der Waals surface area contributed by atoms with E-state index in [0.717, 1.165) is 0 Å². The van der Waals surface area contributed by atoms with Gasteiger partial charge in [-0.1, -0.05) is 25.5 Å². The van der Waals surface area contributed by atoms with Gasteiger partial charge in [0.2, 0.25) is 27.7 Å². The van der Waals surface area contributed by atoms with E-state index >= 15 is 0 Å². The molecule has 0 bridgehead atoms. The van der Waals surface area contributed by atoms with Crippen LogP contribution in [0, 0.1) is 5.92 Å². The van der Waals surface area contributed by atoms with E-state index in [4.69, 9.17) is 15.2 Å². The van der Waals surface area contributed by atoms with Crippen molar-refractivity contribution in [1.82, 2.24) is 9.21 Å². The molecule has 276 valence electrons. The molecule has 4 rings (SSSR count). The standard InChI is InChI=1S/C37H49N5O8S/c1-25-22-42(26(2)24-43)37(46)21-27-20-28(39-35(44)12-6-5-7-13-36(45)40-32-11-9-8-10-31(32)38)14-19-33(27)50-34(25)23-41(3)51(47,48)30-17-15-29(49-4)16-18-30/h8-11,14-20,25-26,34,43H,5-7,12-13,21-24,38H2,1-4H3,(H,39,44)(H,40,45)/t25-,26+,34+/m0/s1. The molecule has 3 aromatic carbocycles. The Morgan fingerprint density at radius 2 is 1.71 bits per heavy atom. The maximum atomic E-state index is 13.6. The van der Waals surface area contributed by atoms with E-state index in [1.54, 1.807) is 66.4 Å². The number of nitrogens with one attached hydrogen (secondary N) is 2. The van der Waals surface area contributed by atoms with Crippen molar-refractivity contribution < 1.29 is 37.4 Å². The number of nitrogen functional groups attached to an aromatic ring is 1. The lowest BCUT2D eigenvalue weighted by atomic mass is 10.0. The van der Waals surface area contributed by atoms with E-state index < -0.39 is 22.2 Å². The third kappa shape index (κ3) is 10.7. The lowest BCUT2D eigenvalue weighted by molar-refractivity contribution is -0.134. The fourth-order valence-corrected chi connectivity index (χ4v) is 6.98. The summed E-state index contributed by atoms with van der Waals surface area (Å²) in [6.07, 6.45) is 1.73. The number of unbranched alkanes of at least 4 members (excludes halogenated alkanes) is 2. The molecule has 5 N–H and O–H groups in total. The molecule has 0 unspecified atom stereocenters. The maximum Gasteiger partial charge on any atom is 0.242 e. The van der Waals surface area contributed by atoms with Crippen molar-refractivity contribution in [3.05, 3.63) is 72.3 Å². The van der Waals surface area contributed by atoms with E-state index in [1.165, 1.54) is 30.6 Å². The number of sulfonamides is 1. The van der Waals surface area contributed by atoms with Gasteiger partial charge in [-0.15, -0.1) is 0 Å². The van der Waals surface area contributed by atoms with Gasteiger partial charge in [0.25, 0.3) is 0 Å². The first kappa shape index (κ1) is 39.1. The van der Waals surface area contributed by atoms with Crippen molar-refractivity contribution in [2.24, 2.45) is 5.92 Å². The predicted octanol–water partition coefficient (Wildman–Crippen LogP) is 4.27. The average Bonchev–Trinajstić information content (AvgIpc) is 3.15. The monoisotopic (exact) mass is 723 g/mol. The summed E-state index contributed by atoms with van der Waals surface area (Å²) in [7, 11) is -0.898. The SMILES string of the molecule is COc1ccc(S(=O)(=O)N(C)C[C@H]2Oc3ccc(NC(=O)CCCCCC(=O)Nc4ccccc4N)cc3CC(=O)N([C@H](C)CO)C[C@@H]2C)cc1. The summed E-state index contributed by atoms with van der Waals surface area (Å²) in [4.78, 5) is 40.4. The molecule has 0 spiro atoms. The molecule has 3 aromatic rings. The smallest absolute Gasteiger partial charge is 0.242 e. The summed E-state index contributed by atoms with van der Waals surface area (Å²) < 4.78 is 39.8. The number of aliphatic hydroxyl groups is 1. The Morgan fingerprint density at radius 1 is 1.04 bits per heavy atom. The molecular formula is C37H49N5O8S. The zero-order valence-electron chi connectivity index (χ0n) is 29.6. The third-order valence-corrected chi connectivity index (χ3v) is 10.8. The number of nitrogens with two attached hydrogens (primary N) is 1. The molecule has 13 nitrogen and oxygen atoms in total. The number of rotatable bonds is 15. The number of nitrogens with zero attached hydrogens (tertiary/aromatic N) is 2. The van der Waals surface area contributed by atoms with Crippen molar-refractivity contribution in [3.8, 4) is 11.5 Å². The van der Waals surface area contributed by atoms with Gasteiger partial charge >= 0.3 is 0 Å². The Balaban J connectivity index is 1.42. The number of carbonyl (C=O) groups excluding carboxylic acids is 3. The van der Waals surface area contributed by atoms with Crippen LogP contribution in [-0.2, 0) is 30.8 Å². The maximum absolute atomic E-state index is 13.6. The number of amides is 3. The minimum absolute atomic E-state index is 0.00896. The average molecular weight is 724 g/mol. The van der Waals surface area contributed by atoms with Crippen molar-refractivity contribution in [1.29, 1.82) is 0 Å². The molecule has 0 fully saturated rings. The van der Waals surface area contributed by atoms with Gasteiger partial charge in [0, 0.05) is 43.6 Å². The van der Waals surface area contributed by atoms with Crippen LogP contribution in [0.25, 0.3) is 0 Å². The molecule has 14 heteroatoms. The van der Waals surface area contributed by atoms with Crippen LogP contribution in [0.3, 0.4) is 0 Å². The van der Waals surface area contributed by atoms with E-state index in [0.29, 0.717) is 59.8 Å². The van der Waals surface area contributed by atoms with Crippen LogP contribution in [0.4, 0.5) is 17.1 Å². The summed E-state index contributed by atoms with van der Waals surface area (Å²) in [5, 5.41) is 15.6. The molecule has 1 aliphatic heterocycles. The van der Waals surface area contributed by atoms with Crippen molar-refractivity contribution in [3.63, 3.8) is 0 Å². The van der Waals surface area contributed by atoms with Crippen molar-refractivity contribution >= 4 is 44.8 Å². The first-order chi connectivity index (χ1) is 24.3. The number of ether oxygens (including phenoxy) is 2. The largest absolute Gasteiger partial charge is 0.497 e. The number of aliphatic hydroxyl groups excluding tert-OH is 1. The van der Waals surface area contributed by atoms with Crippen LogP contribution in [0.1, 0.15) is 51.5 Å². The van der Waals surface area contributed by atoms with Crippen molar-refractivity contribution in [2.75, 3.05) is 50.2 Å². The second-order valence-corrected chi connectivity index (χ2v) is 15.0. The molecule has 3 atom stereocenters. The molecule has 1 aliphatic rings. The van der Waals surface area contributed by atoms with Gasteiger partial charge in [-0.05, 0) is 74.4 Å². The lowest BCUT2D eigenvalue weighted by Crippen LogP contribution is -2.48. The van der Waals surface area contributed by atoms with Gasteiger partial charge in [0.1, 0.15) is 17.6 Å². The number of para-hydroxylation sites is 2. The van der Waals surface area contributed by atoms with Gasteiger partial charge in [-0.25, -0.2) is 8.42 Å².